The van der Waals surface area contributed by atoms with Crippen molar-refractivity contribution < 1.29 is 9.90 Å². The molecule has 6 nitrogen and oxygen atoms in total. The highest BCUT2D eigenvalue weighted by Gasteiger charge is 2.20. The first kappa shape index (κ1) is 11.6. The first-order valence-electron chi connectivity index (χ1n) is 4.79. The molecule has 15 heavy (non-hydrogen) atoms. The van der Waals surface area contributed by atoms with Crippen LogP contribution in [0.25, 0.3) is 0 Å². The standard InChI is InChI=1S/C9H16N4O2/c1-4-6-7(8(10)14)11-12-13(6)5-9(2,3)15/h15H,4-5H2,1-3H3,(H2,10,14). The highest BCUT2D eigenvalue weighted by Crippen LogP contribution is 2.11. The second kappa shape index (κ2) is 3.98. The average molecular weight is 212 g/mol. The Bertz CT molecular complexity index is 365. The summed E-state index contributed by atoms with van der Waals surface area (Å²) < 4.78 is 1.51. The summed E-state index contributed by atoms with van der Waals surface area (Å²) in [6.45, 7) is 5.50. The van der Waals surface area contributed by atoms with E-state index in [1.807, 2.05) is 6.92 Å². The molecule has 0 fully saturated rings. The van der Waals surface area contributed by atoms with E-state index in [0.29, 0.717) is 12.1 Å². The fraction of sp³-hybridized carbons (Fsp3) is 0.667. The van der Waals surface area contributed by atoms with Crippen molar-refractivity contribution in [1.29, 1.82) is 0 Å². The lowest BCUT2D eigenvalue weighted by molar-refractivity contribution is 0.0562. The van der Waals surface area contributed by atoms with Gasteiger partial charge in [0.2, 0.25) is 0 Å². The summed E-state index contributed by atoms with van der Waals surface area (Å²) in [4.78, 5) is 11.0. The van der Waals surface area contributed by atoms with Gasteiger partial charge in [-0.05, 0) is 20.3 Å². The molecule has 0 atom stereocenters. The predicted molar refractivity (Wildman–Crippen MR) is 54.2 cm³/mol. The highest BCUT2D eigenvalue weighted by molar-refractivity contribution is 5.91. The van der Waals surface area contributed by atoms with Crippen molar-refractivity contribution in [2.45, 2.75) is 39.3 Å². The lowest BCUT2D eigenvalue weighted by Crippen LogP contribution is -2.28. The minimum Gasteiger partial charge on any atom is -0.389 e. The third-order valence-corrected chi connectivity index (χ3v) is 1.94. The number of amides is 1. The first-order valence-corrected chi connectivity index (χ1v) is 4.79. The van der Waals surface area contributed by atoms with Crippen LogP contribution in [0.1, 0.15) is 37.0 Å². The zero-order chi connectivity index (χ0) is 11.6. The van der Waals surface area contributed by atoms with E-state index in [1.165, 1.54) is 4.68 Å². The van der Waals surface area contributed by atoms with Crippen LogP contribution in [0.15, 0.2) is 0 Å². The SMILES string of the molecule is CCc1c(C(N)=O)nnn1CC(C)(C)O. The molecule has 0 aliphatic carbocycles. The third-order valence-electron chi connectivity index (χ3n) is 1.94. The van der Waals surface area contributed by atoms with Gasteiger partial charge >= 0.3 is 0 Å². The number of carbonyl (C=O) groups is 1. The van der Waals surface area contributed by atoms with E-state index >= 15 is 0 Å². The zero-order valence-electron chi connectivity index (χ0n) is 9.19. The van der Waals surface area contributed by atoms with Gasteiger partial charge in [0, 0.05) is 0 Å². The number of nitrogens with two attached hydrogens (primary N) is 1. The first-order chi connectivity index (χ1) is 6.85. The van der Waals surface area contributed by atoms with Gasteiger partial charge in [0.25, 0.3) is 5.91 Å². The van der Waals surface area contributed by atoms with Gasteiger partial charge in [-0.1, -0.05) is 12.1 Å². The maximum Gasteiger partial charge on any atom is 0.271 e. The summed E-state index contributed by atoms with van der Waals surface area (Å²) in [6, 6.07) is 0. The van der Waals surface area contributed by atoms with Crippen molar-refractivity contribution in [2.24, 2.45) is 5.73 Å². The van der Waals surface area contributed by atoms with Crippen LogP contribution in [0, 0.1) is 0 Å². The Labute approximate surface area is 88.1 Å². The fourth-order valence-corrected chi connectivity index (χ4v) is 1.37. The molecule has 1 aromatic rings. The van der Waals surface area contributed by atoms with Crippen molar-refractivity contribution >= 4 is 5.91 Å². The molecule has 3 N–H and O–H groups in total. The Morgan fingerprint density at radius 3 is 2.60 bits per heavy atom. The van der Waals surface area contributed by atoms with Gasteiger partial charge in [-0.25, -0.2) is 4.68 Å². The molecule has 0 saturated heterocycles. The van der Waals surface area contributed by atoms with Crippen LogP contribution in [-0.2, 0) is 13.0 Å². The third kappa shape index (κ3) is 2.76. The Balaban J connectivity index is 3.05. The molecule has 1 aromatic heterocycles. The van der Waals surface area contributed by atoms with Crippen LogP contribution in [0.5, 0.6) is 0 Å². The number of nitrogens with zero attached hydrogens (tertiary/aromatic N) is 3. The molecule has 0 saturated carbocycles. The van der Waals surface area contributed by atoms with Crippen LogP contribution in [-0.4, -0.2) is 31.6 Å². The second-order valence-electron chi connectivity index (χ2n) is 4.07. The monoisotopic (exact) mass is 212 g/mol. The topological polar surface area (TPSA) is 94.0 Å². The molecule has 0 bridgehead atoms. The number of aromatic nitrogens is 3. The van der Waals surface area contributed by atoms with Crippen molar-refractivity contribution in [1.82, 2.24) is 15.0 Å². The van der Waals surface area contributed by atoms with Crippen molar-refractivity contribution in [3.05, 3.63) is 11.4 Å². The Kier molecular flexibility index (Phi) is 3.09. The van der Waals surface area contributed by atoms with Crippen LogP contribution in [0.3, 0.4) is 0 Å². The van der Waals surface area contributed by atoms with Gasteiger partial charge in [0.15, 0.2) is 5.69 Å². The van der Waals surface area contributed by atoms with E-state index in [9.17, 15) is 9.90 Å². The normalized spacial score (nSPS) is 11.7. The van der Waals surface area contributed by atoms with E-state index in [4.69, 9.17) is 5.73 Å². The lowest BCUT2D eigenvalue weighted by Gasteiger charge is -2.17. The molecule has 0 unspecified atom stereocenters. The lowest BCUT2D eigenvalue weighted by atomic mass is 10.1. The number of hydrogen-bond donors (Lipinski definition) is 2. The van der Waals surface area contributed by atoms with E-state index in [2.05, 4.69) is 10.3 Å². The van der Waals surface area contributed by atoms with E-state index in [0.717, 1.165) is 0 Å². The summed E-state index contributed by atoms with van der Waals surface area (Å²) >= 11 is 0. The summed E-state index contributed by atoms with van der Waals surface area (Å²) in [5.41, 5.74) is 5.09. The Morgan fingerprint density at radius 2 is 2.20 bits per heavy atom. The van der Waals surface area contributed by atoms with Crippen LogP contribution in [0.4, 0.5) is 0 Å². The molecular weight excluding hydrogens is 196 g/mol. The van der Waals surface area contributed by atoms with Crippen molar-refractivity contribution in [3.63, 3.8) is 0 Å². The molecule has 0 radical (unpaired) electrons. The van der Waals surface area contributed by atoms with Gasteiger partial charge in [-0.3, -0.25) is 4.79 Å². The number of hydrogen-bond acceptors (Lipinski definition) is 4. The minimum atomic E-state index is -0.896. The molecule has 0 spiro atoms. The Morgan fingerprint density at radius 1 is 1.60 bits per heavy atom. The van der Waals surface area contributed by atoms with E-state index < -0.39 is 11.5 Å². The largest absolute Gasteiger partial charge is 0.389 e. The molecule has 0 aliphatic rings. The molecular formula is C9H16N4O2. The predicted octanol–water partition coefficient (Wildman–Crippen LogP) is -0.290. The van der Waals surface area contributed by atoms with E-state index in [-0.39, 0.29) is 12.2 Å². The smallest absolute Gasteiger partial charge is 0.271 e. The Hall–Kier alpha value is -1.43. The maximum absolute atomic E-state index is 11.0. The van der Waals surface area contributed by atoms with E-state index in [1.54, 1.807) is 13.8 Å². The highest BCUT2D eigenvalue weighted by atomic mass is 16.3. The summed E-state index contributed by atoms with van der Waals surface area (Å²) in [5.74, 6) is -0.589. The van der Waals surface area contributed by atoms with Gasteiger partial charge < -0.3 is 10.8 Å². The quantitative estimate of drug-likeness (QED) is 0.717. The van der Waals surface area contributed by atoms with Gasteiger partial charge in [-0.15, -0.1) is 5.10 Å². The van der Waals surface area contributed by atoms with Crippen LogP contribution in [0.2, 0.25) is 0 Å². The fourth-order valence-electron chi connectivity index (χ4n) is 1.37. The maximum atomic E-state index is 11.0. The minimum absolute atomic E-state index is 0.182. The number of primary amides is 1. The van der Waals surface area contributed by atoms with Gasteiger partial charge in [-0.2, -0.15) is 0 Å². The van der Waals surface area contributed by atoms with Crippen molar-refractivity contribution in [2.75, 3.05) is 0 Å². The molecule has 1 rings (SSSR count). The average Bonchev–Trinajstić information content (AvgIpc) is 2.44. The number of rotatable bonds is 4. The summed E-state index contributed by atoms with van der Waals surface area (Å²) in [5, 5.41) is 17.1. The number of aliphatic hydroxyl groups is 1. The van der Waals surface area contributed by atoms with Crippen LogP contribution >= 0.6 is 0 Å². The molecule has 0 aromatic carbocycles. The summed E-state index contributed by atoms with van der Waals surface area (Å²) in [6.07, 6.45) is 0.599. The molecule has 6 heteroatoms. The molecule has 84 valence electrons. The molecule has 1 amide bonds. The van der Waals surface area contributed by atoms with Gasteiger partial charge in [0.05, 0.1) is 17.8 Å². The second-order valence-corrected chi connectivity index (χ2v) is 4.07. The summed E-state index contributed by atoms with van der Waals surface area (Å²) in [7, 11) is 0. The zero-order valence-corrected chi connectivity index (χ0v) is 9.19. The van der Waals surface area contributed by atoms with Crippen molar-refractivity contribution in [3.8, 4) is 0 Å². The van der Waals surface area contributed by atoms with Crippen LogP contribution < -0.4 is 5.73 Å². The number of carbonyl (C=O) groups excluding carboxylic acids is 1. The molecule has 1 heterocycles. The van der Waals surface area contributed by atoms with Gasteiger partial charge in [0.1, 0.15) is 0 Å². The molecule has 0 aliphatic heterocycles.